The Morgan fingerprint density at radius 2 is 2.33 bits per heavy atom. The van der Waals surface area contributed by atoms with Crippen LogP contribution in [0.15, 0.2) is 34.2 Å². The van der Waals surface area contributed by atoms with Crippen LogP contribution >= 0.6 is 39.5 Å². The summed E-state index contributed by atoms with van der Waals surface area (Å²) in [5.74, 6) is 0. The Morgan fingerprint density at radius 3 is 2.93 bits per heavy atom. The first-order valence-corrected chi connectivity index (χ1v) is 6.43. The maximum absolute atomic E-state index is 5.63. The lowest BCUT2D eigenvalue weighted by atomic mass is 10.4. The van der Waals surface area contributed by atoms with Crippen LogP contribution in [0.5, 0.6) is 0 Å². The molecule has 2 aromatic heterocycles. The molecular formula is C10H9BrN2S2. The van der Waals surface area contributed by atoms with Crippen LogP contribution in [0.25, 0.3) is 0 Å². The molecule has 0 aliphatic heterocycles. The van der Waals surface area contributed by atoms with Crippen LogP contribution in [0.4, 0.5) is 0 Å². The summed E-state index contributed by atoms with van der Waals surface area (Å²) in [6.07, 6.45) is 1.99. The van der Waals surface area contributed by atoms with Crippen LogP contribution in [0.3, 0.4) is 0 Å². The lowest BCUT2D eigenvalue weighted by Crippen LogP contribution is -2.15. The van der Waals surface area contributed by atoms with Gasteiger partial charge in [0.2, 0.25) is 0 Å². The van der Waals surface area contributed by atoms with Crippen LogP contribution in [-0.2, 0) is 6.54 Å². The van der Waals surface area contributed by atoms with Crippen molar-refractivity contribution >= 4 is 44.5 Å². The Labute approximate surface area is 106 Å². The van der Waals surface area contributed by atoms with Gasteiger partial charge in [0.1, 0.15) is 4.99 Å². The van der Waals surface area contributed by atoms with Crippen molar-refractivity contribution in [2.45, 2.75) is 6.54 Å². The molecule has 0 saturated carbocycles. The highest BCUT2D eigenvalue weighted by atomic mass is 79.9. The molecule has 2 nitrogen and oxygen atoms in total. The first kappa shape index (κ1) is 10.9. The van der Waals surface area contributed by atoms with Crippen molar-refractivity contribution in [2.24, 2.45) is 5.73 Å². The molecule has 0 atom stereocenters. The van der Waals surface area contributed by atoms with E-state index in [-0.39, 0.29) is 0 Å². The molecule has 5 heteroatoms. The molecule has 78 valence electrons. The van der Waals surface area contributed by atoms with Crippen LogP contribution in [0, 0.1) is 0 Å². The van der Waals surface area contributed by atoms with Gasteiger partial charge in [0.25, 0.3) is 0 Å². The molecule has 0 aliphatic rings. The van der Waals surface area contributed by atoms with E-state index < -0.39 is 0 Å². The number of hydrogen-bond acceptors (Lipinski definition) is 2. The number of thiophene rings is 1. The van der Waals surface area contributed by atoms with Crippen molar-refractivity contribution in [2.75, 3.05) is 0 Å². The topological polar surface area (TPSA) is 30.9 Å². The fourth-order valence-electron chi connectivity index (χ4n) is 1.37. The third-order valence-corrected chi connectivity index (χ3v) is 4.21. The van der Waals surface area contributed by atoms with Gasteiger partial charge in [0.15, 0.2) is 0 Å². The Kier molecular flexibility index (Phi) is 3.23. The number of aromatic nitrogens is 1. The fraction of sp³-hybridized carbons (Fsp3) is 0.100. The maximum Gasteiger partial charge on any atom is 0.120 e. The maximum atomic E-state index is 5.63. The predicted octanol–water partition coefficient (Wildman–Crippen LogP) is 2.99. The van der Waals surface area contributed by atoms with Crippen molar-refractivity contribution < 1.29 is 0 Å². The largest absolute Gasteiger partial charge is 0.388 e. The zero-order valence-electron chi connectivity index (χ0n) is 7.81. The number of rotatable bonds is 3. The third kappa shape index (κ3) is 2.30. The lowest BCUT2D eigenvalue weighted by Gasteiger charge is -2.06. The Balaban J connectivity index is 2.28. The average Bonchev–Trinajstić information content (AvgIpc) is 2.77. The van der Waals surface area contributed by atoms with E-state index in [1.54, 1.807) is 11.3 Å². The number of nitrogens with two attached hydrogens (primary N) is 1. The van der Waals surface area contributed by atoms with E-state index >= 15 is 0 Å². The number of halogens is 1. The molecule has 0 aromatic carbocycles. The minimum atomic E-state index is 0.438. The van der Waals surface area contributed by atoms with E-state index in [9.17, 15) is 0 Å². The first-order valence-electron chi connectivity index (χ1n) is 4.35. The normalized spacial score (nSPS) is 10.5. The molecule has 2 rings (SSSR count). The summed E-state index contributed by atoms with van der Waals surface area (Å²) in [5.41, 5.74) is 6.54. The molecule has 2 heterocycles. The number of nitrogens with zero attached hydrogens (tertiary/aromatic N) is 1. The van der Waals surface area contributed by atoms with Gasteiger partial charge in [0.05, 0.1) is 12.2 Å². The van der Waals surface area contributed by atoms with E-state index in [4.69, 9.17) is 18.0 Å². The van der Waals surface area contributed by atoms with Gasteiger partial charge in [-0.2, -0.15) is 0 Å². The summed E-state index contributed by atoms with van der Waals surface area (Å²) in [5, 5.41) is 2.06. The molecule has 0 radical (unpaired) electrons. The second-order valence-electron chi connectivity index (χ2n) is 3.08. The standard InChI is InChI=1S/C10H9BrN2S2/c11-7-3-5-15-9(7)6-13-4-1-2-8(13)10(12)14/h1-5H,6H2,(H2,12,14). The van der Waals surface area contributed by atoms with E-state index in [0.717, 1.165) is 16.7 Å². The Hall–Kier alpha value is -0.650. The summed E-state index contributed by atoms with van der Waals surface area (Å²) in [6, 6.07) is 5.93. The molecule has 0 unspecified atom stereocenters. The van der Waals surface area contributed by atoms with E-state index in [0.29, 0.717) is 4.99 Å². The average molecular weight is 301 g/mol. The van der Waals surface area contributed by atoms with Gasteiger partial charge in [-0.25, -0.2) is 0 Å². The smallest absolute Gasteiger partial charge is 0.120 e. The summed E-state index contributed by atoms with van der Waals surface area (Å²) in [4.78, 5) is 1.70. The van der Waals surface area contributed by atoms with Crippen LogP contribution < -0.4 is 5.73 Å². The zero-order chi connectivity index (χ0) is 10.8. The first-order chi connectivity index (χ1) is 7.18. The highest BCUT2D eigenvalue weighted by molar-refractivity contribution is 9.10. The van der Waals surface area contributed by atoms with Crippen LogP contribution in [-0.4, -0.2) is 9.56 Å². The molecule has 0 amide bonds. The summed E-state index contributed by atoms with van der Waals surface area (Å²) < 4.78 is 3.19. The van der Waals surface area contributed by atoms with Gasteiger partial charge in [-0.3, -0.25) is 0 Å². The van der Waals surface area contributed by atoms with Crippen molar-refractivity contribution in [3.05, 3.63) is 44.8 Å². The molecule has 2 aromatic rings. The van der Waals surface area contributed by atoms with Crippen LogP contribution in [0.1, 0.15) is 10.6 Å². The SMILES string of the molecule is NC(=S)c1cccn1Cc1sccc1Br. The predicted molar refractivity (Wildman–Crippen MR) is 71.4 cm³/mol. The molecular weight excluding hydrogens is 292 g/mol. The summed E-state index contributed by atoms with van der Waals surface area (Å²) >= 11 is 10.2. The van der Waals surface area contributed by atoms with E-state index in [1.807, 2.05) is 24.4 Å². The van der Waals surface area contributed by atoms with Gasteiger partial charge < -0.3 is 10.3 Å². The summed E-state index contributed by atoms with van der Waals surface area (Å²) in [6.45, 7) is 0.803. The quantitative estimate of drug-likeness (QED) is 0.884. The monoisotopic (exact) mass is 300 g/mol. The van der Waals surface area contributed by atoms with E-state index in [2.05, 4.69) is 25.9 Å². The van der Waals surface area contributed by atoms with Crippen molar-refractivity contribution in [1.29, 1.82) is 0 Å². The number of thiocarbonyl (C=S) groups is 1. The van der Waals surface area contributed by atoms with Gasteiger partial charge in [-0.05, 0) is 39.5 Å². The molecule has 15 heavy (non-hydrogen) atoms. The molecule has 2 N–H and O–H groups in total. The highest BCUT2D eigenvalue weighted by Crippen LogP contribution is 2.24. The van der Waals surface area contributed by atoms with Gasteiger partial charge >= 0.3 is 0 Å². The zero-order valence-corrected chi connectivity index (χ0v) is 11.0. The second-order valence-corrected chi connectivity index (χ2v) is 5.37. The van der Waals surface area contributed by atoms with Crippen molar-refractivity contribution in [1.82, 2.24) is 4.57 Å². The molecule has 0 spiro atoms. The minimum absolute atomic E-state index is 0.438. The molecule has 0 saturated heterocycles. The molecule has 0 bridgehead atoms. The van der Waals surface area contributed by atoms with Gasteiger partial charge in [-0.1, -0.05) is 12.2 Å². The van der Waals surface area contributed by atoms with Gasteiger partial charge in [0, 0.05) is 15.5 Å². The van der Waals surface area contributed by atoms with Crippen molar-refractivity contribution in [3.63, 3.8) is 0 Å². The second kappa shape index (κ2) is 4.47. The third-order valence-electron chi connectivity index (χ3n) is 2.09. The van der Waals surface area contributed by atoms with Crippen LogP contribution in [0.2, 0.25) is 0 Å². The lowest BCUT2D eigenvalue weighted by molar-refractivity contribution is 0.808. The highest BCUT2D eigenvalue weighted by Gasteiger charge is 2.06. The Morgan fingerprint density at radius 1 is 1.53 bits per heavy atom. The fourth-order valence-corrected chi connectivity index (χ4v) is 3.03. The Bertz CT molecular complexity index is 487. The number of hydrogen-bond donors (Lipinski definition) is 1. The molecule has 0 fully saturated rings. The van der Waals surface area contributed by atoms with Gasteiger partial charge in [-0.15, -0.1) is 11.3 Å². The molecule has 0 aliphatic carbocycles. The van der Waals surface area contributed by atoms with Crippen molar-refractivity contribution in [3.8, 4) is 0 Å². The van der Waals surface area contributed by atoms with E-state index in [1.165, 1.54) is 4.88 Å². The minimum Gasteiger partial charge on any atom is -0.388 e. The summed E-state index contributed by atoms with van der Waals surface area (Å²) in [7, 11) is 0.